The number of hydrogen-bond acceptors (Lipinski definition) is 3. The molecular formula is C15H13FO4. The van der Waals surface area contributed by atoms with Gasteiger partial charge < -0.3 is 14.6 Å². The highest BCUT2D eigenvalue weighted by atomic mass is 19.1. The van der Waals surface area contributed by atoms with E-state index in [1.54, 1.807) is 12.1 Å². The zero-order valence-corrected chi connectivity index (χ0v) is 10.8. The van der Waals surface area contributed by atoms with Crippen LogP contribution < -0.4 is 9.47 Å². The lowest BCUT2D eigenvalue weighted by Gasteiger charge is -2.11. The summed E-state index contributed by atoms with van der Waals surface area (Å²) in [5.41, 5.74) is 0.923. The number of hydrogen-bond donors (Lipinski definition) is 1. The smallest absolute Gasteiger partial charge is 0.335 e. The first kappa shape index (κ1) is 13.9. The van der Waals surface area contributed by atoms with Gasteiger partial charge in [-0.15, -0.1) is 0 Å². The standard InChI is InChI=1S/C15H13FO4/c1-19-14-8-11(15(17)18)4-7-13(14)20-9-10-2-5-12(16)6-3-10/h2-8H,9H2,1H3,(H,17,18). The van der Waals surface area contributed by atoms with Crippen molar-refractivity contribution in [3.63, 3.8) is 0 Å². The van der Waals surface area contributed by atoms with Gasteiger partial charge in [-0.3, -0.25) is 0 Å². The second kappa shape index (κ2) is 6.06. The van der Waals surface area contributed by atoms with E-state index in [9.17, 15) is 9.18 Å². The molecule has 0 atom stereocenters. The Morgan fingerprint density at radius 3 is 2.45 bits per heavy atom. The van der Waals surface area contributed by atoms with Crippen molar-refractivity contribution in [2.24, 2.45) is 0 Å². The Hall–Kier alpha value is -2.56. The maximum atomic E-state index is 12.8. The number of halogens is 1. The van der Waals surface area contributed by atoms with Crippen molar-refractivity contribution in [3.8, 4) is 11.5 Å². The van der Waals surface area contributed by atoms with Gasteiger partial charge in [0.05, 0.1) is 12.7 Å². The third-order valence-corrected chi connectivity index (χ3v) is 2.72. The topological polar surface area (TPSA) is 55.8 Å². The Balaban J connectivity index is 2.12. The molecule has 0 aliphatic heterocycles. The summed E-state index contributed by atoms with van der Waals surface area (Å²) in [6, 6.07) is 10.3. The van der Waals surface area contributed by atoms with E-state index in [-0.39, 0.29) is 18.0 Å². The second-order valence-electron chi connectivity index (χ2n) is 4.09. The average molecular weight is 276 g/mol. The van der Waals surface area contributed by atoms with Crippen LogP contribution in [0.2, 0.25) is 0 Å². The first-order chi connectivity index (χ1) is 9.60. The molecule has 2 aromatic carbocycles. The Kier molecular flexibility index (Phi) is 4.20. The molecule has 0 bridgehead atoms. The summed E-state index contributed by atoms with van der Waals surface area (Å²) in [7, 11) is 1.44. The van der Waals surface area contributed by atoms with Crippen LogP contribution in [0.15, 0.2) is 42.5 Å². The lowest BCUT2D eigenvalue weighted by atomic mass is 10.2. The van der Waals surface area contributed by atoms with Crippen LogP contribution in [0.1, 0.15) is 15.9 Å². The van der Waals surface area contributed by atoms with E-state index in [1.807, 2.05) is 0 Å². The normalized spacial score (nSPS) is 10.1. The molecule has 2 aromatic rings. The van der Waals surface area contributed by atoms with Crippen molar-refractivity contribution in [2.75, 3.05) is 7.11 Å². The van der Waals surface area contributed by atoms with Gasteiger partial charge in [0.25, 0.3) is 0 Å². The maximum Gasteiger partial charge on any atom is 0.335 e. The summed E-state index contributed by atoms with van der Waals surface area (Å²) < 4.78 is 23.4. The van der Waals surface area contributed by atoms with Crippen LogP contribution in [0.3, 0.4) is 0 Å². The highest BCUT2D eigenvalue weighted by molar-refractivity contribution is 5.88. The van der Waals surface area contributed by atoms with Gasteiger partial charge in [0.2, 0.25) is 0 Å². The van der Waals surface area contributed by atoms with E-state index in [1.165, 1.54) is 37.4 Å². The monoisotopic (exact) mass is 276 g/mol. The zero-order chi connectivity index (χ0) is 14.5. The minimum atomic E-state index is -1.03. The van der Waals surface area contributed by atoms with Crippen LogP contribution in [0, 0.1) is 5.82 Å². The van der Waals surface area contributed by atoms with Crippen LogP contribution in [-0.4, -0.2) is 18.2 Å². The van der Waals surface area contributed by atoms with Gasteiger partial charge in [-0.05, 0) is 35.9 Å². The third kappa shape index (κ3) is 3.26. The van der Waals surface area contributed by atoms with Crippen LogP contribution >= 0.6 is 0 Å². The molecule has 0 amide bonds. The van der Waals surface area contributed by atoms with E-state index >= 15 is 0 Å². The van der Waals surface area contributed by atoms with E-state index in [4.69, 9.17) is 14.6 Å². The van der Waals surface area contributed by atoms with Crippen LogP contribution in [-0.2, 0) is 6.61 Å². The fourth-order valence-corrected chi connectivity index (χ4v) is 1.66. The lowest BCUT2D eigenvalue weighted by Crippen LogP contribution is -2.01. The first-order valence-electron chi connectivity index (χ1n) is 5.88. The van der Waals surface area contributed by atoms with Crippen molar-refractivity contribution in [3.05, 3.63) is 59.4 Å². The fraction of sp³-hybridized carbons (Fsp3) is 0.133. The molecule has 0 aliphatic carbocycles. The maximum absolute atomic E-state index is 12.8. The predicted molar refractivity (Wildman–Crippen MR) is 70.7 cm³/mol. The van der Waals surface area contributed by atoms with Crippen molar-refractivity contribution in [1.29, 1.82) is 0 Å². The minimum Gasteiger partial charge on any atom is -0.493 e. The molecule has 0 aliphatic rings. The highest BCUT2D eigenvalue weighted by Gasteiger charge is 2.10. The van der Waals surface area contributed by atoms with Crippen LogP contribution in [0.25, 0.3) is 0 Å². The Morgan fingerprint density at radius 1 is 1.15 bits per heavy atom. The first-order valence-corrected chi connectivity index (χ1v) is 5.88. The van der Waals surface area contributed by atoms with Gasteiger partial charge in [-0.2, -0.15) is 0 Å². The highest BCUT2D eigenvalue weighted by Crippen LogP contribution is 2.28. The van der Waals surface area contributed by atoms with E-state index in [0.29, 0.717) is 11.5 Å². The number of aromatic carboxylic acids is 1. The molecule has 0 unspecified atom stereocenters. The molecule has 0 aromatic heterocycles. The summed E-state index contributed by atoms with van der Waals surface area (Å²) in [5.74, 6) is -0.570. The number of rotatable bonds is 5. The molecule has 4 nitrogen and oxygen atoms in total. The SMILES string of the molecule is COc1cc(C(=O)O)ccc1OCc1ccc(F)cc1. The molecule has 0 radical (unpaired) electrons. The molecule has 5 heteroatoms. The summed E-state index contributed by atoms with van der Waals surface area (Å²) in [6.45, 7) is 0.239. The molecule has 20 heavy (non-hydrogen) atoms. The molecule has 0 saturated carbocycles. The number of carboxylic acids is 1. The molecule has 2 rings (SSSR count). The predicted octanol–water partition coefficient (Wildman–Crippen LogP) is 3.11. The molecule has 0 heterocycles. The molecule has 104 valence electrons. The number of methoxy groups -OCH3 is 1. The van der Waals surface area contributed by atoms with Gasteiger partial charge in [0, 0.05) is 0 Å². The van der Waals surface area contributed by atoms with Gasteiger partial charge >= 0.3 is 5.97 Å². The van der Waals surface area contributed by atoms with Gasteiger partial charge in [0.1, 0.15) is 12.4 Å². The van der Waals surface area contributed by atoms with Gasteiger partial charge in [-0.1, -0.05) is 12.1 Å². The van der Waals surface area contributed by atoms with Crippen LogP contribution in [0.4, 0.5) is 4.39 Å². The molecule has 0 spiro atoms. The number of ether oxygens (including phenoxy) is 2. The summed E-state index contributed by atoms with van der Waals surface area (Å²) >= 11 is 0. The van der Waals surface area contributed by atoms with Crippen molar-refractivity contribution >= 4 is 5.97 Å². The van der Waals surface area contributed by atoms with Gasteiger partial charge in [-0.25, -0.2) is 9.18 Å². The largest absolute Gasteiger partial charge is 0.493 e. The quantitative estimate of drug-likeness (QED) is 0.911. The Bertz CT molecular complexity index is 608. The number of carboxylic acid groups (broad SMARTS) is 1. The van der Waals surface area contributed by atoms with Crippen molar-refractivity contribution < 1.29 is 23.8 Å². The van der Waals surface area contributed by atoms with Gasteiger partial charge in [0.15, 0.2) is 11.5 Å². The average Bonchev–Trinajstić information content (AvgIpc) is 2.46. The third-order valence-electron chi connectivity index (χ3n) is 2.72. The van der Waals surface area contributed by atoms with E-state index in [0.717, 1.165) is 5.56 Å². The Morgan fingerprint density at radius 2 is 1.85 bits per heavy atom. The van der Waals surface area contributed by atoms with E-state index in [2.05, 4.69) is 0 Å². The summed E-state index contributed by atoms with van der Waals surface area (Å²) in [6.07, 6.45) is 0. The number of benzene rings is 2. The fourth-order valence-electron chi connectivity index (χ4n) is 1.66. The lowest BCUT2D eigenvalue weighted by molar-refractivity contribution is 0.0696. The second-order valence-corrected chi connectivity index (χ2v) is 4.09. The molecule has 0 saturated heterocycles. The summed E-state index contributed by atoms with van der Waals surface area (Å²) in [4.78, 5) is 10.9. The molecule has 1 N–H and O–H groups in total. The van der Waals surface area contributed by atoms with E-state index < -0.39 is 5.97 Å². The van der Waals surface area contributed by atoms with Crippen molar-refractivity contribution in [2.45, 2.75) is 6.61 Å². The minimum absolute atomic E-state index is 0.121. The van der Waals surface area contributed by atoms with Crippen molar-refractivity contribution in [1.82, 2.24) is 0 Å². The zero-order valence-electron chi connectivity index (χ0n) is 10.8. The number of carbonyl (C=O) groups is 1. The summed E-state index contributed by atoms with van der Waals surface area (Å²) in [5, 5.41) is 8.90. The van der Waals surface area contributed by atoms with Crippen LogP contribution in [0.5, 0.6) is 11.5 Å². The Labute approximate surface area is 115 Å². The molecule has 0 fully saturated rings. The molecular weight excluding hydrogens is 263 g/mol.